The van der Waals surface area contributed by atoms with E-state index in [1.165, 1.54) is 0 Å². The monoisotopic (exact) mass is 272 g/mol. The summed E-state index contributed by atoms with van der Waals surface area (Å²) in [7, 11) is 0. The van der Waals surface area contributed by atoms with E-state index in [9.17, 15) is 4.79 Å². The first-order chi connectivity index (χ1) is 8.20. The number of rotatable bonds is 3. The third-order valence-electron chi connectivity index (χ3n) is 2.59. The SMILES string of the molecule is CC[C@H](N)C(=O)Nc1ccc2c(c1)OCCO2.Cl. The lowest BCUT2D eigenvalue weighted by Crippen LogP contribution is -2.34. The minimum Gasteiger partial charge on any atom is -0.486 e. The highest BCUT2D eigenvalue weighted by Crippen LogP contribution is 2.32. The van der Waals surface area contributed by atoms with Crippen LogP contribution in [0.4, 0.5) is 5.69 Å². The molecular formula is C12H17ClN2O3. The lowest BCUT2D eigenvalue weighted by molar-refractivity contribution is -0.117. The van der Waals surface area contributed by atoms with Crippen molar-refractivity contribution in [3.8, 4) is 11.5 Å². The van der Waals surface area contributed by atoms with E-state index >= 15 is 0 Å². The number of ether oxygens (including phenoxy) is 2. The third-order valence-corrected chi connectivity index (χ3v) is 2.59. The number of benzene rings is 1. The van der Waals surface area contributed by atoms with Gasteiger partial charge in [-0.2, -0.15) is 0 Å². The van der Waals surface area contributed by atoms with E-state index in [4.69, 9.17) is 15.2 Å². The zero-order chi connectivity index (χ0) is 12.3. The summed E-state index contributed by atoms with van der Waals surface area (Å²) in [6.45, 7) is 2.95. The number of amides is 1. The number of nitrogens with two attached hydrogens (primary N) is 1. The number of carbonyl (C=O) groups excluding carboxylic acids is 1. The van der Waals surface area contributed by atoms with Crippen LogP contribution >= 0.6 is 12.4 Å². The number of fused-ring (bicyclic) bond motifs is 1. The van der Waals surface area contributed by atoms with Crippen LogP contribution in [0.15, 0.2) is 18.2 Å². The molecule has 1 atom stereocenters. The van der Waals surface area contributed by atoms with Crippen molar-refractivity contribution < 1.29 is 14.3 Å². The summed E-state index contributed by atoms with van der Waals surface area (Å²) in [5, 5.41) is 2.74. The second-order valence-corrected chi connectivity index (χ2v) is 3.86. The van der Waals surface area contributed by atoms with Crippen LogP contribution < -0.4 is 20.5 Å². The van der Waals surface area contributed by atoms with Gasteiger partial charge in [0.1, 0.15) is 13.2 Å². The molecule has 5 nitrogen and oxygen atoms in total. The van der Waals surface area contributed by atoms with Crippen LogP contribution in [-0.4, -0.2) is 25.2 Å². The van der Waals surface area contributed by atoms with Gasteiger partial charge in [0.2, 0.25) is 5.91 Å². The van der Waals surface area contributed by atoms with Crippen molar-refractivity contribution in [2.24, 2.45) is 5.73 Å². The van der Waals surface area contributed by atoms with E-state index in [-0.39, 0.29) is 18.3 Å². The Morgan fingerprint density at radius 2 is 2.06 bits per heavy atom. The summed E-state index contributed by atoms with van der Waals surface area (Å²) in [4.78, 5) is 11.6. The highest BCUT2D eigenvalue weighted by Gasteiger charge is 2.14. The Hall–Kier alpha value is -1.46. The van der Waals surface area contributed by atoms with Crippen LogP contribution in [0, 0.1) is 0 Å². The Kier molecular flexibility index (Phi) is 5.25. The molecule has 1 aliphatic heterocycles. The molecule has 6 heteroatoms. The van der Waals surface area contributed by atoms with Gasteiger partial charge in [0.05, 0.1) is 6.04 Å². The minimum atomic E-state index is -0.483. The van der Waals surface area contributed by atoms with Crippen molar-refractivity contribution >= 4 is 24.0 Å². The maximum atomic E-state index is 11.6. The molecule has 0 aromatic heterocycles. The number of nitrogens with one attached hydrogen (secondary N) is 1. The predicted octanol–water partition coefficient (Wildman–Crippen LogP) is 1.56. The van der Waals surface area contributed by atoms with Gasteiger partial charge in [-0.15, -0.1) is 12.4 Å². The highest BCUT2D eigenvalue weighted by molar-refractivity contribution is 5.94. The first-order valence-corrected chi connectivity index (χ1v) is 5.67. The van der Waals surface area contributed by atoms with E-state index in [1.807, 2.05) is 6.92 Å². The summed E-state index contributed by atoms with van der Waals surface area (Å²) < 4.78 is 10.8. The average molecular weight is 273 g/mol. The molecule has 100 valence electrons. The van der Waals surface area contributed by atoms with Gasteiger partial charge in [-0.25, -0.2) is 0 Å². The van der Waals surface area contributed by atoms with Crippen molar-refractivity contribution in [3.05, 3.63) is 18.2 Å². The molecule has 18 heavy (non-hydrogen) atoms. The van der Waals surface area contributed by atoms with E-state index in [1.54, 1.807) is 18.2 Å². The summed E-state index contributed by atoms with van der Waals surface area (Å²) in [6.07, 6.45) is 0.608. The van der Waals surface area contributed by atoms with Crippen molar-refractivity contribution in [1.82, 2.24) is 0 Å². The Balaban J connectivity index is 0.00000162. The summed E-state index contributed by atoms with van der Waals surface area (Å²) in [6, 6.07) is 4.81. The molecule has 0 saturated heterocycles. The molecule has 0 bridgehead atoms. The summed E-state index contributed by atoms with van der Waals surface area (Å²) in [5.41, 5.74) is 6.30. The van der Waals surface area contributed by atoms with Crippen LogP contribution in [0.2, 0.25) is 0 Å². The van der Waals surface area contributed by atoms with Gasteiger partial charge >= 0.3 is 0 Å². The molecule has 0 unspecified atom stereocenters. The van der Waals surface area contributed by atoms with Crippen LogP contribution in [-0.2, 0) is 4.79 Å². The van der Waals surface area contributed by atoms with Gasteiger partial charge in [0, 0.05) is 11.8 Å². The Labute approximate surface area is 112 Å². The molecule has 3 N–H and O–H groups in total. The van der Waals surface area contributed by atoms with Gasteiger partial charge in [-0.3, -0.25) is 4.79 Å². The molecule has 0 radical (unpaired) electrons. The minimum absolute atomic E-state index is 0. The molecule has 0 aliphatic carbocycles. The smallest absolute Gasteiger partial charge is 0.241 e. The second-order valence-electron chi connectivity index (χ2n) is 3.86. The van der Waals surface area contributed by atoms with E-state index in [2.05, 4.69) is 5.32 Å². The Morgan fingerprint density at radius 3 is 2.72 bits per heavy atom. The van der Waals surface area contributed by atoms with E-state index in [0.717, 1.165) is 0 Å². The van der Waals surface area contributed by atoms with Gasteiger partial charge in [0.15, 0.2) is 11.5 Å². The number of hydrogen-bond donors (Lipinski definition) is 2. The topological polar surface area (TPSA) is 73.6 Å². The molecular weight excluding hydrogens is 256 g/mol. The lowest BCUT2D eigenvalue weighted by Gasteiger charge is -2.19. The molecule has 1 aromatic rings. The molecule has 0 spiro atoms. The molecule has 0 fully saturated rings. The maximum Gasteiger partial charge on any atom is 0.241 e. The molecule has 1 aromatic carbocycles. The van der Waals surface area contributed by atoms with Crippen LogP contribution in [0.5, 0.6) is 11.5 Å². The molecule has 1 amide bonds. The summed E-state index contributed by atoms with van der Waals surface area (Å²) >= 11 is 0. The number of hydrogen-bond acceptors (Lipinski definition) is 4. The zero-order valence-electron chi connectivity index (χ0n) is 10.1. The zero-order valence-corrected chi connectivity index (χ0v) is 11.0. The van der Waals surface area contributed by atoms with Crippen molar-refractivity contribution in [3.63, 3.8) is 0 Å². The van der Waals surface area contributed by atoms with Crippen molar-refractivity contribution in [2.45, 2.75) is 19.4 Å². The first-order valence-electron chi connectivity index (χ1n) is 5.67. The average Bonchev–Trinajstić information content (AvgIpc) is 2.37. The molecule has 0 saturated carbocycles. The van der Waals surface area contributed by atoms with Gasteiger partial charge < -0.3 is 20.5 Å². The standard InChI is InChI=1S/C12H16N2O3.ClH/c1-2-9(13)12(15)14-8-3-4-10-11(7-8)17-6-5-16-10;/h3-4,7,9H,2,5-6,13H2,1H3,(H,14,15);1H/t9-;/m0./s1. The molecule has 1 heterocycles. The van der Waals surface area contributed by atoms with Crippen molar-refractivity contribution in [1.29, 1.82) is 0 Å². The maximum absolute atomic E-state index is 11.6. The van der Waals surface area contributed by atoms with E-state index in [0.29, 0.717) is 36.8 Å². The van der Waals surface area contributed by atoms with Gasteiger partial charge in [0.25, 0.3) is 0 Å². The van der Waals surface area contributed by atoms with Gasteiger partial charge in [-0.05, 0) is 18.6 Å². The number of halogens is 1. The summed E-state index contributed by atoms with van der Waals surface area (Å²) in [5.74, 6) is 1.16. The van der Waals surface area contributed by atoms with E-state index < -0.39 is 6.04 Å². The fourth-order valence-electron chi connectivity index (χ4n) is 1.54. The molecule has 1 aliphatic rings. The normalized spacial score (nSPS) is 14.3. The van der Waals surface area contributed by atoms with Gasteiger partial charge in [-0.1, -0.05) is 6.92 Å². The predicted molar refractivity (Wildman–Crippen MR) is 71.6 cm³/mol. The highest BCUT2D eigenvalue weighted by atomic mass is 35.5. The Morgan fingerprint density at radius 1 is 1.39 bits per heavy atom. The first kappa shape index (κ1) is 14.6. The van der Waals surface area contributed by atoms with Crippen LogP contribution in [0.1, 0.15) is 13.3 Å². The van der Waals surface area contributed by atoms with Crippen LogP contribution in [0.25, 0.3) is 0 Å². The van der Waals surface area contributed by atoms with Crippen LogP contribution in [0.3, 0.4) is 0 Å². The third kappa shape index (κ3) is 3.27. The Bertz CT molecular complexity index is 426. The largest absolute Gasteiger partial charge is 0.486 e. The van der Waals surface area contributed by atoms with Crippen molar-refractivity contribution in [2.75, 3.05) is 18.5 Å². The molecule has 2 rings (SSSR count). The number of anilines is 1. The second kappa shape index (κ2) is 6.47. The fraction of sp³-hybridized carbons (Fsp3) is 0.417. The lowest BCUT2D eigenvalue weighted by atomic mass is 10.2. The quantitative estimate of drug-likeness (QED) is 0.876. The number of carbonyl (C=O) groups is 1. The fourth-order valence-corrected chi connectivity index (χ4v) is 1.54.